The summed E-state index contributed by atoms with van der Waals surface area (Å²) in [5.74, 6) is 0.138. The molecule has 1 saturated heterocycles. The van der Waals surface area contributed by atoms with Gasteiger partial charge in [0, 0.05) is 13.7 Å². The molecule has 1 aliphatic rings. The Morgan fingerprint density at radius 3 is 2.62 bits per heavy atom. The number of carbonyl (C=O) groups excluding carboxylic acids is 1. The maximum Gasteiger partial charge on any atom is 0.237 e. The number of amides is 1. The van der Waals surface area contributed by atoms with Crippen molar-refractivity contribution in [2.45, 2.75) is 25.9 Å². The highest BCUT2D eigenvalue weighted by Gasteiger charge is 2.28. The monoisotopic (exact) mass is 230 g/mol. The van der Waals surface area contributed by atoms with Gasteiger partial charge in [-0.25, -0.2) is 0 Å². The maximum atomic E-state index is 11.9. The third-order valence-electron chi connectivity index (χ3n) is 2.72. The molecule has 1 N–H and O–H groups in total. The highest BCUT2D eigenvalue weighted by Crippen LogP contribution is 2.12. The van der Waals surface area contributed by atoms with Crippen LogP contribution in [0.2, 0.25) is 0 Å². The summed E-state index contributed by atoms with van der Waals surface area (Å²) in [6, 6.07) is 0.334. The van der Waals surface area contributed by atoms with Crippen LogP contribution in [0.3, 0.4) is 0 Å². The molecule has 2 atom stereocenters. The smallest absolute Gasteiger partial charge is 0.237 e. The molecule has 0 aliphatic carbocycles. The van der Waals surface area contributed by atoms with E-state index in [-0.39, 0.29) is 18.0 Å². The summed E-state index contributed by atoms with van der Waals surface area (Å²) in [6.07, 6.45) is 0. The number of ether oxygens (including phenoxy) is 2. The lowest BCUT2D eigenvalue weighted by Gasteiger charge is -2.38. The molecule has 5 heteroatoms. The highest BCUT2D eigenvalue weighted by atomic mass is 16.5. The van der Waals surface area contributed by atoms with E-state index in [0.29, 0.717) is 32.9 Å². The average Bonchev–Trinajstić information content (AvgIpc) is 2.24. The molecule has 16 heavy (non-hydrogen) atoms. The number of nitrogens with one attached hydrogen (secondary N) is 1. The zero-order chi connectivity index (χ0) is 12.0. The van der Waals surface area contributed by atoms with Crippen molar-refractivity contribution in [2.75, 3.05) is 40.0 Å². The molecule has 0 aromatic heterocycles. The average molecular weight is 230 g/mol. The number of hydrogen-bond acceptors (Lipinski definition) is 4. The minimum Gasteiger partial charge on any atom is -0.383 e. The fourth-order valence-corrected chi connectivity index (χ4v) is 1.96. The van der Waals surface area contributed by atoms with Crippen molar-refractivity contribution in [3.8, 4) is 0 Å². The number of rotatable bonds is 5. The van der Waals surface area contributed by atoms with E-state index in [2.05, 4.69) is 5.32 Å². The minimum atomic E-state index is 0.138. The van der Waals surface area contributed by atoms with Gasteiger partial charge in [0.15, 0.2) is 0 Å². The molecule has 0 radical (unpaired) electrons. The molecule has 1 amide bonds. The van der Waals surface area contributed by atoms with Gasteiger partial charge in [-0.15, -0.1) is 0 Å². The number of hydrogen-bond donors (Lipinski definition) is 1. The van der Waals surface area contributed by atoms with Crippen LogP contribution >= 0.6 is 0 Å². The standard InChI is InChI=1S/C11H22N2O3/c1-9-7-16-8-10(2)13(9)11(14)6-12-4-5-15-3/h9-10,12H,4-8H2,1-3H3. The van der Waals surface area contributed by atoms with Crippen LogP contribution in [0.1, 0.15) is 13.8 Å². The predicted octanol–water partition coefficient (Wildman–Crippen LogP) is -0.142. The molecule has 0 saturated carbocycles. The Morgan fingerprint density at radius 1 is 1.44 bits per heavy atom. The molecular formula is C11H22N2O3. The van der Waals surface area contributed by atoms with E-state index in [9.17, 15) is 4.79 Å². The third kappa shape index (κ3) is 3.73. The Balaban J connectivity index is 2.33. The van der Waals surface area contributed by atoms with Gasteiger partial charge in [0.2, 0.25) is 5.91 Å². The van der Waals surface area contributed by atoms with E-state index in [1.54, 1.807) is 7.11 Å². The van der Waals surface area contributed by atoms with Gasteiger partial charge in [-0.2, -0.15) is 0 Å². The van der Waals surface area contributed by atoms with E-state index < -0.39 is 0 Å². The molecule has 5 nitrogen and oxygen atoms in total. The first-order valence-electron chi connectivity index (χ1n) is 5.75. The summed E-state index contributed by atoms with van der Waals surface area (Å²) in [5, 5.41) is 3.07. The van der Waals surface area contributed by atoms with E-state index in [1.807, 2.05) is 18.7 Å². The molecular weight excluding hydrogens is 208 g/mol. The van der Waals surface area contributed by atoms with Gasteiger partial charge < -0.3 is 19.7 Å². The molecule has 2 unspecified atom stereocenters. The van der Waals surface area contributed by atoms with Crippen molar-refractivity contribution in [2.24, 2.45) is 0 Å². The molecule has 1 aliphatic heterocycles. The Labute approximate surface area is 97.1 Å². The molecule has 1 fully saturated rings. The van der Waals surface area contributed by atoms with E-state index in [1.165, 1.54) is 0 Å². The summed E-state index contributed by atoms with van der Waals surface area (Å²) in [4.78, 5) is 13.9. The summed E-state index contributed by atoms with van der Waals surface area (Å²) < 4.78 is 10.3. The van der Waals surface area contributed by atoms with E-state index in [0.717, 1.165) is 0 Å². The van der Waals surface area contributed by atoms with Crippen LogP contribution < -0.4 is 5.32 Å². The van der Waals surface area contributed by atoms with Crippen LogP contribution in [-0.4, -0.2) is 62.9 Å². The number of morpholine rings is 1. The summed E-state index contributed by atoms with van der Waals surface area (Å²) in [7, 11) is 1.65. The van der Waals surface area contributed by atoms with Crippen molar-refractivity contribution in [1.82, 2.24) is 10.2 Å². The minimum absolute atomic E-state index is 0.138. The maximum absolute atomic E-state index is 11.9. The van der Waals surface area contributed by atoms with Crippen LogP contribution in [0.5, 0.6) is 0 Å². The fourth-order valence-electron chi connectivity index (χ4n) is 1.96. The molecule has 94 valence electrons. The second-order valence-electron chi connectivity index (χ2n) is 4.21. The van der Waals surface area contributed by atoms with Crippen LogP contribution in [0.15, 0.2) is 0 Å². The van der Waals surface area contributed by atoms with Crippen molar-refractivity contribution in [3.05, 3.63) is 0 Å². The molecule has 1 heterocycles. The van der Waals surface area contributed by atoms with Crippen molar-refractivity contribution in [3.63, 3.8) is 0 Å². The fraction of sp³-hybridized carbons (Fsp3) is 0.909. The predicted molar refractivity (Wildman–Crippen MR) is 61.3 cm³/mol. The van der Waals surface area contributed by atoms with Gasteiger partial charge in [-0.3, -0.25) is 4.79 Å². The number of nitrogens with zero attached hydrogens (tertiary/aromatic N) is 1. The van der Waals surface area contributed by atoms with Crippen LogP contribution in [0.25, 0.3) is 0 Å². The van der Waals surface area contributed by atoms with Gasteiger partial charge in [-0.05, 0) is 13.8 Å². The lowest BCUT2D eigenvalue weighted by atomic mass is 10.1. The molecule has 1 rings (SSSR count). The Bertz CT molecular complexity index is 213. The normalized spacial score (nSPS) is 25.8. The second-order valence-corrected chi connectivity index (χ2v) is 4.21. The molecule has 0 spiro atoms. The third-order valence-corrected chi connectivity index (χ3v) is 2.72. The number of methoxy groups -OCH3 is 1. The lowest BCUT2D eigenvalue weighted by Crippen LogP contribution is -2.54. The highest BCUT2D eigenvalue weighted by molar-refractivity contribution is 5.79. The topological polar surface area (TPSA) is 50.8 Å². The quantitative estimate of drug-likeness (QED) is 0.668. The van der Waals surface area contributed by atoms with E-state index >= 15 is 0 Å². The first kappa shape index (κ1) is 13.4. The van der Waals surface area contributed by atoms with Crippen molar-refractivity contribution >= 4 is 5.91 Å². The number of carbonyl (C=O) groups is 1. The Hall–Kier alpha value is -0.650. The first-order valence-corrected chi connectivity index (χ1v) is 5.75. The summed E-state index contributed by atoms with van der Waals surface area (Å²) in [6.45, 7) is 7.00. The zero-order valence-corrected chi connectivity index (χ0v) is 10.4. The van der Waals surface area contributed by atoms with E-state index in [4.69, 9.17) is 9.47 Å². The van der Waals surface area contributed by atoms with Gasteiger partial charge in [-0.1, -0.05) is 0 Å². The second kappa shape index (κ2) is 6.83. The zero-order valence-electron chi connectivity index (χ0n) is 10.4. The van der Waals surface area contributed by atoms with Gasteiger partial charge >= 0.3 is 0 Å². The van der Waals surface area contributed by atoms with Crippen LogP contribution in [0.4, 0.5) is 0 Å². The van der Waals surface area contributed by atoms with Gasteiger partial charge in [0.05, 0.1) is 38.4 Å². The molecule has 0 bridgehead atoms. The van der Waals surface area contributed by atoms with Crippen LogP contribution in [0, 0.1) is 0 Å². The first-order chi connectivity index (χ1) is 7.66. The van der Waals surface area contributed by atoms with Crippen molar-refractivity contribution in [1.29, 1.82) is 0 Å². The van der Waals surface area contributed by atoms with Gasteiger partial charge in [0.25, 0.3) is 0 Å². The van der Waals surface area contributed by atoms with Gasteiger partial charge in [0.1, 0.15) is 0 Å². The Kier molecular flexibility index (Phi) is 5.73. The largest absolute Gasteiger partial charge is 0.383 e. The molecule has 0 aromatic rings. The van der Waals surface area contributed by atoms with Crippen molar-refractivity contribution < 1.29 is 14.3 Å². The summed E-state index contributed by atoms with van der Waals surface area (Å²) >= 11 is 0. The molecule has 0 aromatic carbocycles. The van der Waals surface area contributed by atoms with Crippen LogP contribution in [-0.2, 0) is 14.3 Å². The SMILES string of the molecule is COCCNCC(=O)N1C(C)COCC1C. The lowest BCUT2D eigenvalue weighted by molar-refractivity contribution is -0.143. The summed E-state index contributed by atoms with van der Waals surface area (Å²) in [5.41, 5.74) is 0. The Morgan fingerprint density at radius 2 is 2.06 bits per heavy atom.